The topological polar surface area (TPSA) is 46.3 Å². The van der Waals surface area contributed by atoms with Crippen molar-refractivity contribution in [2.75, 3.05) is 13.1 Å². The molecule has 3 nitrogen and oxygen atoms in total. The smallest absolute Gasteiger partial charge is 0.254 e. The Morgan fingerprint density at radius 2 is 2.20 bits per heavy atom. The minimum absolute atomic E-state index is 0.0202. The van der Waals surface area contributed by atoms with Crippen molar-refractivity contribution in [2.24, 2.45) is 5.73 Å². The number of carbonyl (C=O) groups is 1. The standard InChI is InChI=1S/C10H10ClFN2O/c11-8-2-1-6(3-9(8)12)10(15)14-4-7(13)5-14/h1-3,7H,4-5,13H2. The molecule has 1 aliphatic rings. The Kier molecular flexibility index (Phi) is 2.63. The lowest BCUT2D eigenvalue weighted by molar-refractivity contribution is 0.0607. The van der Waals surface area contributed by atoms with Gasteiger partial charge in [0, 0.05) is 24.7 Å². The summed E-state index contributed by atoms with van der Waals surface area (Å²) in [5, 5.41) is 0.0202. The van der Waals surface area contributed by atoms with Crippen LogP contribution in [0.25, 0.3) is 0 Å². The number of hydrogen-bond donors (Lipinski definition) is 1. The maximum atomic E-state index is 13.1. The zero-order chi connectivity index (χ0) is 11.0. The minimum atomic E-state index is -0.577. The van der Waals surface area contributed by atoms with Crippen LogP contribution in [-0.2, 0) is 0 Å². The molecule has 1 heterocycles. The van der Waals surface area contributed by atoms with Crippen molar-refractivity contribution in [1.29, 1.82) is 0 Å². The molecule has 1 aromatic carbocycles. The first-order valence-corrected chi connectivity index (χ1v) is 4.95. The third kappa shape index (κ3) is 1.96. The molecule has 0 atom stereocenters. The van der Waals surface area contributed by atoms with Crippen LogP contribution in [0.4, 0.5) is 4.39 Å². The van der Waals surface area contributed by atoms with Gasteiger partial charge in [-0.3, -0.25) is 4.79 Å². The molecule has 15 heavy (non-hydrogen) atoms. The Labute approximate surface area is 91.6 Å². The highest BCUT2D eigenvalue weighted by atomic mass is 35.5. The largest absolute Gasteiger partial charge is 0.335 e. The van der Waals surface area contributed by atoms with Gasteiger partial charge in [0.05, 0.1) is 5.02 Å². The van der Waals surface area contributed by atoms with Gasteiger partial charge >= 0.3 is 0 Å². The number of nitrogens with two attached hydrogens (primary N) is 1. The van der Waals surface area contributed by atoms with Gasteiger partial charge in [-0.2, -0.15) is 0 Å². The Morgan fingerprint density at radius 3 is 2.73 bits per heavy atom. The van der Waals surface area contributed by atoms with E-state index in [-0.39, 0.29) is 17.0 Å². The maximum Gasteiger partial charge on any atom is 0.254 e. The summed E-state index contributed by atoms with van der Waals surface area (Å²) < 4.78 is 13.1. The number of rotatable bonds is 1. The van der Waals surface area contributed by atoms with Crippen LogP contribution in [0.15, 0.2) is 18.2 Å². The number of halogens is 2. The lowest BCUT2D eigenvalue weighted by Gasteiger charge is -2.36. The summed E-state index contributed by atoms with van der Waals surface area (Å²) in [5.74, 6) is -0.778. The molecule has 0 bridgehead atoms. The SMILES string of the molecule is NC1CN(C(=O)c2ccc(Cl)c(F)c2)C1. The number of carbonyl (C=O) groups excluding carboxylic acids is 1. The molecule has 1 amide bonds. The molecule has 5 heteroatoms. The predicted octanol–water partition coefficient (Wildman–Crippen LogP) is 1.26. The van der Waals surface area contributed by atoms with E-state index in [4.69, 9.17) is 17.3 Å². The van der Waals surface area contributed by atoms with E-state index >= 15 is 0 Å². The minimum Gasteiger partial charge on any atom is -0.335 e. The lowest BCUT2D eigenvalue weighted by atomic mass is 10.1. The van der Waals surface area contributed by atoms with Crippen molar-refractivity contribution in [3.63, 3.8) is 0 Å². The average molecular weight is 229 g/mol. The zero-order valence-electron chi connectivity index (χ0n) is 7.91. The molecule has 80 valence electrons. The molecule has 1 aromatic rings. The van der Waals surface area contributed by atoms with E-state index in [0.717, 1.165) is 6.07 Å². The molecule has 0 aromatic heterocycles. The molecular formula is C10H10ClFN2O. The Bertz CT molecular complexity index is 404. The first-order chi connectivity index (χ1) is 7.08. The summed E-state index contributed by atoms with van der Waals surface area (Å²) in [4.78, 5) is 13.3. The average Bonchev–Trinajstić information content (AvgIpc) is 2.16. The van der Waals surface area contributed by atoms with Crippen molar-refractivity contribution in [3.05, 3.63) is 34.6 Å². The van der Waals surface area contributed by atoms with Gasteiger partial charge in [0.2, 0.25) is 0 Å². The summed E-state index contributed by atoms with van der Waals surface area (Å²) in [6.07, 6.45) is 0. The Hall–Kier alpha value is -1.13. The first-order valence-electron chi connectivity index (χ1n) is 4.58. The molecule has 2 rings (SSSR count). The van der Waals surface area contributed by atoms with Crippen LogP contribution in [0.3, 0.4) is 0 Å². The maximum absolute atomic E-state index is 13.1. The number of amides is 1. The molecule has 1 aliphatic heterocycles. The van der Waals surface area contributed by atoms with Gasteiger partial charge in [0.25, 0.3) is 5.91 Å². The lowest BCUT2D eigenvalue weighted by Crippen LogP contribution is -2.57. The second-order valence-corrected chi connectivity index (χ2v) is 4.01. The third-order valence-electron chi connectivity index (χ3n) is 2.36. The summed E-state index contributed by atoms with van der Waals surface area (Å²) in [6, 6.07) is 4.08. The van der Waals surface area contributed by atoms with Gasteiger partial charge in [0.15, 0.2) is 0 Å². The van der Waals surface area contributed by atoms with Crippen LogP contribution < -0.4 is 5.73 Å². The highest BCUT2D eigenvalue weighted by Crippen LogP contribution is 2.18. The molecule has 0 spiro atoms. The highest BCUT2D eigenvalue weighted by Gasteiger charge is 2.28. The number of likely N-dealkylation sites (tertiary alicyclic amines) is 1. The fourth-order valence-corrected chi connectivity index (χ4v) is 1.61. The molecule has 0 radical (unpaired) electrons. The fourth-order valence-electron chi connectivity index (χ4n) is 1.49. The number of hydrogen-bond acceptors (Lipinski definition) is 2. The summed E-state index contributed by atoms with van der Waals surface area (Å²) in [7, 11) is 0. The molecule has 0 saturated carbocycles. The normalized spacial score (nSPS) is 16.3. The second-order valence-electron chi connectivity index (χ2n) is 3.60. The van der Waals surface area contributed by atoms with Crippen molar-refractivity contribution in [2.45, 2.75) is 6.04 Å². The number of benzene rings is 1. The van der Waals surface area contributed by atoms with E-state index < -0.39 is 5.82 Å². The van der Waals surface area contributed by atoms with Crippen LogP contribution in [0.1, 0.15) is 10.4 Å². The monoisotopic (exact) mass is 228 g/mol. The molecular weight excluding hydrogens is 219 g/mol. The molecule has 0 aliphatic carbocycles. The van der Waals surface area contributed by atoms with Gasteiger partial charge in [-0.15, -0.1) is 0 Å². The Morgan fingerprint density at radius 1 is 1.53 bits per heavy atom. The van der Waals surface area contributed by atoms with E-state index in [9.17, 15) is 9.18 Å². The van der Waals surface area contributed by atoms with Crippen molar-refractivity contribution >= 4 is 17.5 Å². The third-order valence-corrected chi connectivity index (χ3v) is 2.67. The molecule has 2 N–H and O–H groups in total. The van der Waals surface area contributed by atoms with Gasteiger partial charge in [-0.1, -0.05) is 11.6 Å². The van der Waals surface area contributed by atoms with Crippen LogP contribution in [0.2, 0.25) is 5.02 Å². The van der Waals surface area contributed by atoms with Gasteiger partial charge < -0.3 is 10.6 Å². The van der Waals surface area contributed by atoms with Crippen LogP contribution in [0.5, 0.6) is 0 Å². The quantitative estimate of drug-likeness (QED) is 0.787. The van der Waals surface area contributed by atoms with E-state index in [1.165, 1.54) is 12.1 Å². The van der Waals surface area contributed by atoms with E-state index in [1.54, 1.807) is 4.90 Å². The molecule has 0 unspecified atom stereocenters. The van der Waals surface area contributed by atoms with Crippen molar-refractivity contribution < 1.29 is 9.18 Å². The van der Waals surface area contributed by atoms with Crippen molar-refractivity contribution in [3.8, 4) is 0 Å². The molecule has 1 fully saturated rings. The van der Waals surface area contributed by atoms with Gasteiger partial charge in [-0.05, 0) is 18.2 Å². The predicted molar refractivity (Wildman–Crippen MR) is 55.3 cm³/mol. The van der Waals surface area contributed by atoms with E-state index in [2.05, 4.69) is 0 Å². The van der Waals surface area contributed by atoms with Crippen LogP contribution in [-0.4, -0.2) is 29.9 Å². The van der Waals surface area contributed by atoms with Crippen LogP contribution in [0, 0.1) is 5.82 Å². The zero-order valence-corrected chi connectivity index (χ0v) is 8.67. The summed E-state index contributed by atoms with van der Waals surface area (Å²) in [5.41, 5.74) is 5.86. The first kappa shape index (κ1) is 10.4. The summed E-state index contributed by atoms with van der Waals surface area (Å²) >= 11 is 5.52. The molecule has 1 saturated heterocycles. The second kappa shape index (κ2) is 3.79. The van der Waals surface area contributed by atoms with E-state index in [0.29, 0.717) is 18.7 Å². The fraction of sp³-hybridized carbons (Fsp3) is 0.300. The number of nitrogens with zero attached hydrogens (tertiary/aromatic N) is 1. The Balaban J connectivity index is 2.16. The van der Waals surface area contributed by atoms with Gasteiger partial charge in [-0.25, -0.2) is 4.39 Å². The highest BCUT2D eigenvalue weighted by molar-refractivity contribution is 6.30. The summed E-state index contributed by atoms with van der Waals surface area (Å²) in [6.45, 7) is 1.06. The van der Waals surface area contributed by atoms with Crippen molar-refractivity contribution in [1.82, 2.24) is 4.90 Å². The van der Waals surface area contributed by atoms with Gasteiger partial charge in [0.1, 0.15) is 5.82 Å². The van der Waals surface area contributed by atoms with E-state index in [1.807, 2.05) is 0 Å². The van der Waals surface area contributed by atoms with Crippen LogP contribution >= 0.6 is 11.6 Å².